The summed E-state index contributed by atoms with van der Waals surface area (Å²) in [7, 11) is 0. The van der Waals surface area contributed by atoms with E-state index < -0.39 is 5.41 Å². The molecule has 0 aromatic heterocycles. The lowest BCUT2D eigenvalue weighted by Gasteiger charge is -2.38. The molecule has 5 nitrogen and oxygen atoms in total. The maximum atomic E-state index is 13.7. The van der Waals surface area contributed by atoms with Crippen LogP contribution in [0.5, 0.6) is 11.5 Å². The number of carbonyl (C=O) groups is 1. The minimum absolute atomic E-state index is 0.0758. The van der Waals surface area contributed by atoms with Crippen LogP contribution in [0.3, 0.4) is 0 Å². The smallest absolute Gasteiger partial charge is 0.230 e. The summed E-state index contributed by atoms with van der Waals surface area (Å²) in [5, 5.41) is 4.02. The summed E-state index contributed by atoms with van der Waals surface area (Å²) < 4.78 is 17.1. The molecule has 0 spiro atoms. The summed E-state index contributed by atoms with van der Waals surface area (Å²) in [4.78, 5) is 13.7. The molecule has 2 aliphatic heterocycles. The standard InChI is InChI=1S/C26H30ClNO4/c27-21-5-3-4-20(16-21)26(10-12-30-13-11-26)24(29)28-18-25(8-1-2-9-25)19-6-7-22-23(17-19)32-15-14-31-22/h3-7,16-17H,1-2,8-15,18H2,(H,28,29). The molecule has 2 fully saturated rings. The highest BCUT2D eigenvalue weighted by Gasteiger charge is 2.44. The van der Waals surface area contributed by atoms with Crippen LogP contribution in [-0.4, -0.2) is 38.9 Å². The molecule has 1 N–H and O–H groups in total. The third-order valence-corrected chi connectivity index (χ3v) is 7.70. The van der Waals surface area contributed by atoms with E-state index in [1.165, 1.54) is 5.56 Å². The largest absolute Gasteiger partial charge is 0.486 e. The molecule has 5 rings (SSSR count). The monoisotopic (exact) mass is 455 g/mol. The molecule has 1 amide bonds. The Hall–Kier alpha value is -2.24. The normalized spacial score (nSPS) is 21.2. The summed E-state index contributed by atoms with van der Waals surface area (Å²) in [6.45, 7) is 2.93. The second-order valence-corrected chi connectivity index (χ2v) is 9.67. The first-order valence-electron chi connectivity index (χ1n) is 11.6. The highest BCUT2D eigenvalue weighted by Crippen LogP contribution is 2.44. The molecule has 0 bridgehead atoms. The minimum Gasteiger partial charge on any atom is -0.486 e. The van der Waals surface area contributed by atoms with Crippen molar-refractivity contribution in [1.29, 1.82) is 0 Å². The fourth-order valence-corrected chi connectivity index (χ4v) is 5.75. The molecule has 2 heterocycles. The van der Waals surface area contributed by atoms with E-state index in [2.05, 4.69) is 17.4 Å². The van der Waals surface area contributed by atoms with E-state index in [9.17, 15) is 4.79 Å². The Morgan fingerprint density at radius 3 is 2.38 bits per heavy atom. The number of halogens is 1. The van der Waals surface area contributed by atoms with Gasteiger partial charge in [-0.25, -0.2) is 0 Å². The maximum absolute atomic E-state index is 13.7. The van der Waals surface area contributed by atoms with Crippen LogP contribution in [-0.2, 0) is 20.4 Å². The van der Waals surface area contributed by atoms with Crippen LogP contribution >= 0.6 is 11.6 Å². The van der Waals surface area contributed by atoms with E-state index in [1.807, 2.05) is 30.3 Å². The fraction of sp³-hybridized carbons (Fsp3) is 0.500. The molecule has 2 aromatic carbocycles. The fourth-order valence-electron chi connectivity index (χ4n) is 5.56. The highest BCUT2D eigenvalue weighted by molar-refractivity contribution is 6.30. The van der Waals surface area contributed by atoms with Crippen molar-refractivity contribution in [2.45, 2.75) is 49.4 Å². The van der Waals surface area contributed by atoms with E-state index in [-0.39, 0.29) is 11.3 Å². The third-order valence-electron chi connectivity index (χ3n) is 7.46. The van der Waals surface area contributed by atoms with Gasteiger partial charge in [-0.1, -0.05) is 42.6 Å². The molecule has 6 heteroatoms. The van der Waals surface area contributed by atoms with Crippen LogP contribution in [0.4, 0.5) is 0 Å². The molecule has 0 atom stereocenters. The Morgan fingerprint density at radius 1 is 0.875 bits per heavy atom. The molecule has 3 aliphatic rings. The maximum Gasteiger partial charge on any atom is 0.230 e. The lowest BCUT2D eigenvalue weighted by atomic mass is 9.72. The summed E-state index contributed by atoms with van der Waals surface area (Å²) in [6, 6.07) is 14.0. The van der Waals surface area contributed by atoms with Crippen molar-refractivity contribution in [1.82, 2.24) is 5.32 Å². The number of hydrogen-bond acceptors (Lipinski definition) is 4. The van der Waals surface area contributed by atoms with Crippen molar-refractivity contribution < 1.29 is 19.0 Å². The predicted octanol–water partition coefficient (Wildman–Crippen LogP) is 4.79. The number of carbonyl (C=O) groups excluding carboxylic acids is 1. The molecule has 32 heavy (non-hydrogen) atoms. The SMILES string of the molecule is O=C(NCC1(c2ccc3c(c2)OCCO3)CCCC1)C1(c2cccc(Cl)c2)CCOCC1. The molecule has 2 aromatic rings. The zero-order valence-electron chi connectivity index (χ0n) is 18.3. The van der Waals surface area contributed by atoms with Gasteiger partial charge >= 0.3 is 0 Å². The van der Waals surface area contributed by atoms with Crippen molar-refractivity contribution >= 4 is 17.5 Å². The second-order valence-electron chi connectivity index (χ2n) is 9.23. The predicted molar refractivity (Wildman–Crippen MR) is 124 cm³/mol. The summed E-state index contributed by atoms with van der Waals surface area (Å²) in [5.74, 6) is 1.69. The Labute approximate surface area is 194 Å². The number of nitrogens with one attached hydrogen (secondary N) is 1. The third kappa shape index (κ3) is 3.97. The first kappa shape index (κ1) is 21.6. The van der Waals surface area contributed by atoms with Crippen LogP contribution in [0.15, 0.2) is 42.5 Å². The number of amides is 1. The van der Waals surface area contributed by atoms with E-state index in [0.29, 0.717) is 50.8 Å². The van der Waals surface area contributed by atoms with Crippen molar-refractivity contribution in [2.24, 2.45) is 0 Å². The molecule has 1 saturated carbocycles. The molecule has 0 unspecified atom stereocenters. The first-order valence-corrected chi connectivity index (χ1v) is 12.0. The van der Waals surface area contributed by atoms with Crippen molar-refractivity contribution in [2.75, 3.05) is 33.0 Å². The zero-order valence-corrected chi connectivity index (χ0v) is 19.1. The van der Waals surface area contributed by atoms with Crippen molar-refractivity contribution in [3.05, 3.63) is 58.6 Å². The number of hydrogen-bond donors (Lipinski definition) is 1. The van der Waals surface area contributed by atoms with Gasteiger partial charge in [-0.3, -0.25) is 4.79 Å². The van der Waals surface area contributed by atoms with E-state index in [1.54, 1.807) is 0 Å². The average molecular weight is 456 g/mol. The molecule has 0 radical (unpaired) electrons. The number of ether oxygens (including phenoxy) is 3. The van der Waals surface area contributed by atoms with Gasteiger partial charge in [-0.05, 0) is 61.1 Å². The van der Waals surface area contributed by atoms with Crippen LogP contribution in [0, 0.1) is 0 Å². The van der Waals surface area contributed by atoms with Crippen molar-refractivity contribution in [3.63, 3.8) is 0 Å². The van der Waals surface area contributed by atoms with Gasteiger partial charge < -0.3 is 19.5 Å². The number of benzene rings is 2. The minimum atomic E-state index is -0.601. The second kappa shape index (κ2) is 8.95. The quantitative estimate of drug-likeness (QED) is 0.704. The van der Waals surface area contributed by atoms with Crippen LogP contribution < -0.4 is 14.8 Å². The lowest BCUT2D eigenvalue weighted by Crippen LogP contribution is -2.51. The first-order chi connectivity index (χ1) is 15.6. The molecule has 1 saturated heterocycles. The van der Waals surface area contributed by atoms with Gasteiger partial charge in [-0.2, -0.15) is 0 Å². The van der Waals surface area contributed by atoms with E-state index in [4.69, 9.17) is 25.8 Å². The summed E-state index contributed by atoms with van der Waals surface area (Å²) >= 11 is 6.29. The van der Waals surface area contributed by atoms with Crippen LogP contribution in [0.25, 0.3) is 0 Å². The molecule has 1 aliphatic carbocycles. The zero-order chi connectivity index (χ0) is 22.0. The number of rotatable bonds is 5. The number of fused-ring (bicyclic) bond motifs is 1. The summed E-state index contributed by atoms with van der Waals surface area (Å²) in [6.07, 6.45) is 5.77. The topological polar surface area (TPSA) is 56.8 Å². The summed E-state index contributed by atoms with van der Waals surface area (Å²) in [5.41, 5.74) is 1.52. The Morgan fingerprint density at radius 2 is 1.62 bits per heavy atom. The van der Waals surface area contributed by atoms with E-state index >= 15 is 0 Å². The van der Waals surface area contributed by atoms with Crippen LogP contribution in [0.2, 0.25) is 5.02 Å². The molecular weight excluding hydrogens is 426 g/mol. The van der Waals surface area contributed by atoms with Gasteiger partial charge in [-0.15, -0.1) is 0 Å². The molecular formula is C26H30ClNO4. The van der Waals surface area contributed by atoms with Gasteiger partial charge in [0.25, 0.3) is 0 Å². The average Bonchev–Trinajstić information content (AvgIpc) is 3.33. The van der Waals surface area contributed by atoms with Gasteiger partial charge in [0.15, 0.2) is 11.5 Å². The highest BCUT2D eigenvalue weighted by atomic mass is 35.5. The van der Waals surface area contributed by atoms with Gasteiger partial charge in [0, 0.05) is 30.2 Å². The Kier molecular flexibility index (Phi) is 6.04. The lowest BCUT2D eigenvalue weighted by molar-refractivity contribution is -0.130. The molecule has 170 valence electrons. The van der Waals surface area contributed by atoms with Crippen molar-refractivity contribution in [3.8, 4) is 11.5 Å². The van der Waals surface area contributed by atoms with E-state index in [0.717, 1.165) is 42.7 Å². The Balaban J connectivity index is 1.40. The van der Waals surface area contributed by atoms with Gasteiger partial charge in [0.1, 0.15) is 13.2 Å². The Bertz CT molecular complexity index is 980. The van der Waals surface area contributed by atoms with Gasteiger partial charge in [0.05, 0.1) is 5.41 Å². The van der Waals surface area contributed by atoms with Gasteiger partial charge in [0.2, 0.25) is 5.91 Å². The van der Waals surface area contributed by atoms with Crippen LogP contribution in [0.1, 0.15) is 49.7 Å².